The zero-order valence-electron chi connectivity index (χ0n) is 12.2. The molecule has 0 aliphatic heterocycles. The van der Waals surface area contributed by atoms with Crippen LogP contribution in [0.1, 0.15) is 50.3 Å². The van der Waals surface area contributed by atoms with Gasteiger partial charge in [0, 0.05) is 30.1 Å². The molecule has 3 nitrogen and oxygen atoms in total. The summed E-state index contributed by atoms with van der Waals surface area (Å²) < 4.78 is 6.27. The van der Waals surface area contributed by atoms with Crippen molar-refractivity contribution in [1.82, 2.24) is 10.3 Å². The Morgan fingerprint density at radius 3 is 2.63 bits per heavy atom. The number of aromatic nitrogens is 1. The van der Waals surface area contributed by atoms with Gasteiger partial charge < -0.3 is 10.1 Å². The van der Waals surface area contributed by atoms with Gasteiger partial charge in [0.05, 0.1) is 11.1 Å². The molecule has 0 radical (unpaired) electrons. The third-order valence-electron chi connectivity index (χ3n) is 4.25. The van der Waals surface area contributed by atoms with Crippen LogP contribution in [-0.4, -0.2) is 30.3 Å². The van der Waals surface area contributed by atoms with Gasteiger partial charge in [-0.2, -0.15) is 0 Å². The lowest BCUT2D eigenvalue weighted by Gasteiger charge is -2.40. The first-order valence-corrected chi connectivity index (χ1v) is 8.37. The van der Waals surface area contributed by atoms with Crippen LogP contribution in [-0.2, 0) is 11.2 Å². The van der Waals surface area contributed by atoms with Crippen molar-refractivity contribution in [3.8, 4) is 0 Å². The predicted molar refractivity (Wildman–Crippen MR) is 80.7 cm³/mol. The predicted octanol–water partition coefficient (Wildman–Crippen LogP) is 3.40. The first kappa shape index (κ1) is 14.9. The van der Waals surface area contributed by atoms with Crippen molar-refractivity contribution in [1.29, 1.82) is 0 Å². The Bertz CT molecular complexity index is 345. The van der Waals surface area contributed by atoms with Crippen molar-refractivity contribution in [3.63, 3.8) is 0 Å². The fraction of sp³-hybridized carbons (Fsp3) is 0.800. The average molecular weight is 282 g/mol. The molecule has 1 heterocycles. The number of thiazole rings is 1. The summed E-state index contributed by atoms with van der Waals surface area (Å²) in [5, 5.41) is 3.52. The van der Waals surface area contributed by atoms with E-state index in [1.54, 1.807) is 11.3 Å². The Labute approximate surface area is 120 Å². The van der Waals surface area contributed by atoms with E-state index >= 15 is 0 Å². The topological polar surface area (TPSA) is 34.1 Å². The van der Waals surface area contributed by atoms with E-state index in [-0.39, 0.29) is 5.60 Å². The monoisotopic (exact) mass is 282 g/mol. The van der Waals surface area contributed by atoms with Crippen molar-refractivity contribution >= 4 is 11.3 Å². The van der Waals surface area contributed by atoms with Crippen molar-refractivity contribution < 1.29 is 4.74 Å². The lowest BCUT2D eigenvalue weighted by atomic mass is 9.84. The van der Waals surface area contributed by atoms with Crippen molar-refractivity contribution in [3.05, 3.63) is 16.6 Å². The fourth-order valence-electron chi connectivity index (χ4n) is 3.30. The van der Waals surface area contributed by atoms with Crippen LogP contribution in [0.5, 0.6) is 0 Å². The Kier molecular flexibility index (Phi) is 5.79. The quantitative estimate of drug-likeness (QED) is 0.812. The van der Waals surface area contributed by atoms with Gasteiger partial charge in [0.25, 0.3) is 0 Å². The van der Waals surface area contributed by atoms with Gasteiger partial charge in [0.2, 0.25) is 0 Å². The van der Waals surface area contributed by atoms with E-state index in [4.69, 9.17) is 4.74 Å². The van der Waals surface area contributed by atoms with E-state index in [0.717, 1.165) is 13.0 Å². The van der Waals surface area contributed by atoms with Gasteiger partial charge in [0.15, 0.2) is 0 Å². The molecule has 1 saturated carbocycles. The maximum atomic E-state index is 6.27. The molecule has 2 rings (SSSR count). The van der Waals surface area contributed by atoms with E-state index in [1.165, 1.54) is 43.4 Å². The van der Waals surface area contributed by atoms with Crippen molar-refractivity contribution in [2.45, 2.75) is 63.5 Å². The first-order valence-electron chi connectivity index (χ1n) is 7.49. The SMILES string of the molecule is CCOC1(C(Cc2cncs2)NC)CCCCCC1. The molecule has 1 aliphatic rings. The highest BCUT2D eigenvalue weighted by molar-refractivity contribution is 7.09. The van der Waals surface area contributed by atoms with Gasteiger partial charge in [-0.1, -0.05) is 25.7 Å². The second-order valence-electron chi connectivity index (χ2n) is 5.43. The normalized spacial score (nSPS) is 20.9. The summed E-state index contributed by atoms with van der Waals surface area (Å²) in [6, 6.07) is 0.394. The van der Waals surface area contributed by atoms with Gasteiger partial charge in [-0.25, -0.2) is 0 Å². The van der Waals surface area contributed by atoms with Gasteiger partial charge in [-0.15, -0.1) is 11.3 Å². The molecular formula is C15H26N2OS. The highest BCUT2D eigenvalue weighted by Crippen LogP contribution is 2.35. The first-order chi connectivity index (χ1) is 9.30. The van der Waals surface area contributed by atoms with Crippen LogP contribution in [0.25, 0.3) is 0 Å². The summed E-state index contributed by atoms with van der Waals surface area (Å²) in [6.45, 7) is 2.92. The number of nitrogens with zero attached hydrogens (tertiary/aromatic N) is 1. The molecule has 0 saturated heterocycles. The molecule has 1 unspecified atom stereocenters. The smallest absolute Gasteiger partial charge is 0.0838 e. The van der Waals surface area contributed by atoms with Crippen LogP contribution >= 0.6 is 11.3 Å². The Morgan fingerprint density at radius 2 is 2.11 bits per heavy atom. The maximum absolute atomic E-state index is 6.27. The standard InChI is InChI=1S/C15H26N2OS/c1-3-18-15(8-6-4-5-7-9-15)14(16-2)10-13-11-17-12-19-13/h11-12,14,16H,3-10H2,1-2H3. The summed E-state index contributed by atoms with van der Waals surface area (Å²) in [4.78, 5) is 5.54. The number of likely N-dealkylation sites (N-methyl/N-ethyl adjacent to an activating group) is 1. The summed E-state index contributed by atoms with van der Waals surface area (Å²) in [7, 11) is 2.07. The third-order valence-corrected chi connectivity index (χ3v) is 5.06. The molecule has 0 aromatic carbocycles. The van der Waals surface area contributed by atoms with Crippen LogP contribution in [0.4, 0.5) is 0 Å². The molecule has 1 fully saturated rings. The van der Waals surface area contributed by atoms with E-state index in [0.29, 0.717) is 6.04 Å². The molecule has 108 valence electrons. The molecular weight excluding hydrogens is 256 g/mol. The Hall–Kier alpha value is -0.450. The number of rotatable bonds is 6. The van der Waals surface area contributed by atoms with Crippen molar-refractivity contribution in [2.24, 2.45) is 0 Å². The van der Waals surface area contributed by atoms with Crippen molar-refractivity contribution in [2.75, 3.05) is 13.7 Å². The minimum absolute atomic E-state index is 0.0178. The molecule has 4 heteroatoms. The Morgan fingerprint density at radius 1 is 1.37 bits per heavy atom. The number of hydrogen-bond donors (Lipinski definition) is 1. The van der Waals surface area contributed by atoms with Gasteiger partial charge in [-0.05, 0) is 26.8 Å². The van der Waals surface area contributed by atoms with Gasteiger partial charge in [0.1, 0.15) is 0 Å². The number of ether oxygens (including phenoxy) is 1. The van der Waals surface area contributed by atoms with Crippen LogP contribution in [0.3, 0.4) is 0 Å². The zero-order chi connectivity index (χ0) is 13.6. The molecule has 0 spiro atoms. The molecule has 1 N–H and O–H groups in total. The van der Waals surface area contributed by atoms with E-state index in [2.05, 4.69) is 24.3 Å². The highest BCUT2D eigenvalue weighted by atomic mass is 32.1. The van der Waals surface area contributed by atoms with E-state index < -0.39 is 0 Å². The largest absolute Gasteiger partial charge is 0.374 e. The fourth-order valence-corrected chi connectivity index (χ4v) is 3.94. The zero-order valence-corrected chi connectivity index (χ0v) is 13.0. The summed E-state index contributed by atoms with van der Waals surface area (Å²) in [5.41, 5.74) is 1.94. The molecule has 1 aromatic heterocycles. The maximum Gasteiger partial charge on any atom is 0.0838 e. The van der Waals surface area contributed by atoms with Crippen LogP contribution < -0.4 is 5.32 Å². The minimum Gasteiger partial charge on any atom is -0.374 e. The number of hydrogen-bond acceptors (Lipinski definition) is 4. The van der Waals surface area contributed by atoms with Crippen LogP contribution in [0.15, 0.2) is 11.7 Å². The molecule has 19 heavy (non-hydrogen) atoms. The summed E-state index contributed by atoms with van der Waals surface area (Å²) in [5.74, 6) is 0. The second kappa shape index (κ2) is 7.36. The molecule has 1 atom stereocenters. The molecule has 1 aliphatic carbocycles. The minimum atomic E-state index is 0.0178. The van der Waals surface area contributed by atoms with E-state index in [9.17, 15) is 0 Å². The lowest BCUT2D eigenvalue weighted by molar-refractivity contribution is -0.0751. The van der Waals surface area contributed by atoms with E-state index in [1.807, 2.05) is 11.7 Å². The van der Waals surface area contributed by atoms with Crippen LogP contribution in [0.2, 0.25) is 0 Å². The Balaban J connectivity index is 2.13. The highest BCUT2D eigenvalue weighted by Gasteiger charge is 2.39. The summed E-state index contributed by atoms with van der Waals surface area (Å²) >= 11 is 1.75. The molecule has 0 bridgehead atoms. The average Bonchev–Trinajstić information content (AvgIpc) is 2.82. The molecule has 1 aromatic rings. The third kappa shape index (κ3) is 3.77. The lowest BCUT2D eigenvalue weighted by Crippen LogP contribution is -2.52. The summed E-state index contributed by atoms with van der Waals surface area (Å²) in [6.07, 6.45) is 10.7. The second-order valence-corrected chi connectivity index (χ2v) is 6.40. The van der Waals surface area contributed by atoms with Gasteiger partial charge >= 0.3 is 0 Å². The molecule has 0 amide bonds. The number of nitrogens with one attached hydrogen (secondary N) is 1. The van der Waals surface area contributed by atoms with Crippen LogP contribution in [0, 0.1) is 0 Å². The van der Waals surface area contributed by atoms with Gasteiger partial charge in [-0.3, -0.25) is 4.98 Å².